The SMILES string of the molecule is Nc1nnc(Sc2ccccc2)c2nccnc12. The Labute approximate surface area is 107 Å². The molecule has 2 N–H and O–H groups in total. The van der Waals surface area contributed by atoms with Crippen molar-refractivity contribution in [3.05, 3.63) is 42.7 Å². The van der Waals surface area contributed by atoms with Crippen molar-refractivity contribution in [3.8, 4) is 0 Å². The monoisotopic (exact) mass is 255 g/mol. The highest BCUT2D eigenvalue weighted by Crippen LogP contribution is 2.30. The first-order valence-corrected chi connectivity index (χ1v) is 6.12. The van der Waals surface area contributed by atoms with Crippen LogP contribution < -0.4 is 5.73 Å². The van der Waals surface area contributed by atoms with Gasteiger partial charge in [0.1, 0.15) is 11.0 Å². The molecule has 0 spiro atoms. The molecule has 0 aliphatic rings. The van der Waals surface area contributed by atoms with Crippen molar-refractivity contribution in [1.82, 2.24) is 20.2 Å². The van der Waals surface area contributed by atoms with E-state index in [1.807, 2.05) is 30.3 Å². The average Bonchev–Trinajstić information content (AvgIpc) is 2.44. The van der Waals surface area contributed by atoms with Gasteiger partial charge in [-0.25, -0.2) is 9.97 Å². The van der Waals surface area contributed by atoms with Crippen LogP contribution in [0.15, 0.2) is 52.6 Å². The number of anilines is 1. The maximum Gasteiger partial charge on any atom is 0.174 e. The fourth-order valence-corrected chi connectivity index (χ4v) is 2.39. The fraction of sp³-hybridized carbons (Fsp3) is 0. The standard InChI is InChI=1S/C12H9N5S/c13-11-9-10(15-7-6-14-9)12(17-16-11)18-8-4-2-1-3-5-8/h1-7H,(H2,13,16). The first kappa shape index (κ1) is 10.9. The summed E-state index contributed by atoms with van der Waals surface area (Å²) in [7, 11) is 0. The third-order valence-corrected chi connectivity index (χ3v) is 3.33. The van der Waals surface area contributed by atoms with Gasteiger partial charge in [0.05, 0.1) is 0 Å². The lowest BCUT2D eigenvalue weighted by Crippen LogP contribution is -1.99. The summed E-state index contributed by atoms with van der Waals surface area (Å²) in [5.41, 5.74) is 7.00. The number of nitrogen functional groups attached to an aromatic ring is 1. The van der Waals surface area contributed by atoms with Gasteiger partial charge in [-0.3, -0.25) is 0 Å². The van der Waals surface area contributed by atoms with Gasteiger partial charge in [-0.05, 0) is 12.1 Å². The summed E-state index contributed by atoms with van der Waals surface area (Å²) in [6.45, 7) is 0. The highest BCUT2D eigenvalue weighted by atomic mass is 32.2. The number of aromatic nitrogens is 4. The minimum absolute atomic E-state index is 0.301. The van der Waals surface area contributed by atoms with Crippen LogP contribution in [0.25, 0.3) is 11.0 Å². The summed E-state index contributed by atoms with van der Waals surface area (Å²) in [5.74, 6) is 0.301. The van der Waals surface area contributed by atoms with E-state index in [-0.39, 0.29) is 0 Å². The van der Waals surface area contributed by atoms with Crippen molar-refractivity contribution in [2.45, 2.75) is 9.92 Å². The third kappa shape index (κ3) is 1.98. The molecule has 0 unspecified atom stereocenters. The van der Waals surface area contributed by atoms with Crippen LogP contribution in [0.4, 0.5) is 5.82 Å². The van der Waals surface area contributed by atoms with E-state index in [1.54, 1.807) is 12.4 Å². The Morgan fingerprint density at radius 1 is 0.889 bits per heavy atom. The van der Waals surface area contributed by atoms with Gasteiger partial charge < -0.3 is 5.73 Å². The number of nitrogens with two attached hydrogens (primary N) is 1. The lowest BCUT2D eigenvalue weighted by Gasteiger charge is -2.04. The summed E-state index contributed by atoms with van der Waals surface area (Å²) in [6, 6.07) is 9.92. The number of rotatable bonds is 2. The molecule has 2 heterocycles. The van der Waals surface area contributed by atoms with Crippen LogP contribution in [0.5, 0.6) is 0 Å². The average molecular weight is 255 g/mol. The molecular weight excluding hydrogens is 246 g/mol. The highest BCUT2D eigenvalue weighted by Gasteiger charge is 2.10. The van der Waals surface area contributed by atoms with Gasteiger partial charge in [-0.1, -0.05) is 30.0 Å². The normalized spacial score (nSPS) is 10.7. The number of fused-ring (bicyclic) bond motifs is 1. The van der Waals surface area contributed by atoms with E-state index >= 15 is 0 Å². The molecule has 1 aromatic carbocycles. The van der Waals surface area contributed by atoms with Crippen LogP contribution in [0, 0.1) is 0 Å². The van der Waals surface area contributed by atoms with Crippen LogP contribution in [0.2, 0.25) is 0 Å². The minimum Gasteiger partial charge on any atom is -0.380 e. The molecule has 0 aliphatic heterocycles. The molecule has 18 heavy (non-hydrogen) atoms. The lowest BCUT2D eigenvalue weighted by atomic mass is 10.4. The summed E-state index contributed by atoms with van der Waals surface area (Å²) < 4.78 is 0. The van der Waals surface area contributed by atoms with Crippen molar-refractivity contribution >= 4 is 28.6 Å². The largest absolute Gasteiger partial charge is 0.380 e. The molecule has 3 aromatic rings. The lowest BCUT2D eigenvalue weighted by molar-refractivity contribution is 0.949. The molecule has 0 amide bonds. The Morgan fingerprint density at radius 3 is 2.39 bits per heavy atom. The zero-order valence-electron chi connectivity index (χ0n) is 9.32. The minimum atomic E-state index is 0.301. The van der Waals surface area contributed by atoms with E-state index in [1.165, 1.54) is 11.8 Å². The Morgan fingerprint density at radius 2 is 1.61 bits per heavy atom. The zero-order chi connectivity index (χ0) is 12.4. The first-order chi connectivity index (χ1) is 8.84. The molecule has 0 aliphatic carbocycles. The van der Waals surface area contributed by atoms with Gasteiger partial charge in [0.15, 0.2) is 10.8 Å². The van der Waals surface area contributed by atoms with Crippen molar-refractivity contribution in [2.24, 2.45) is 0 Å². The van der Waals surface area contributed by atoms with Crippen LogP contribution in [-0.4, -0.2) is 20.2 Å². The predicted molar refractivity (Wildman–Crippen MR) is 70.1 cm³/mol. The van der Waals surface area contributed by atoms with Crippen LogP contribution in [0.1, 0.15) is 0 Å². The second-order valence-electron chi connectivity index (χ2n) is 3.56. The predicted octanol–water partition coefficient (Wildman–Crippen LogP) is 2.15. The quantitative estimate of drug-likeness (QED) is 0.756. The topological polar surface area (TPSA) is 77.6 Å². The van der Waals surface area contributed by atoms with E-state index in [9.17, 15) is 0 Å². The van der Waals surface area contributed by atoms with Gasteiger partial charge in [-0.2, -0.15) is 0 Å². The Balaban J connectivity index is 2.10. The van der Waals surface area contributed by atoms with Gasteiger partial charge in [-0.15, -0.1) is 10.2 Å². The third-order valence-electron chi connectivity index (χ3n) is 2.35. The molecule has 3 rings (SSSR count). The van der Waals surface area contributed by atoms with Crippen molar-refractivity contribution in [1.29, 1.82) is 0 Å². The van der Waals surface area contributed by atoms with E-state index in [4.69, 9.17) is 5.73 Å². The molecule has 0 saturated heterocycles. The molecule has 0 fully saturated rings. The number of benzene rings is 1. The van der Waals surface area contributed by atoms with Crippen molar-refractivity contribution < 1.29 is 0 Å². The maximum atomic E-state index is 5.73. The van der Waals surface area contributed by atoms with Gasteiger partial charge in [0, 0.05) is 17.3 Å². The van der Waals surface area contributed by atoms with Gasteiger partial charge >= 0.3 is 0 Å². The van der Waals surface area contributed by atoms with E-state index in [0.717, 1.165) is 4.90 Å². The smallest absolute Gasteiger partial charge is 0.174 e. The number of hydrogen-bond acceptors (Lipinski definition) is 6. The maximum absolute atomic E-state index is 5.73. The summed E-state index contributed by atoms with van der Waals surface area (Å²) in [4.78, 5) is 9.52. The summed E-state index contributed by atoms with van der Waals surface area (Å²) >= 11 is 1.49. The second kappa shape index (κ2) is 4.58. The molecule has 5 nitrogen and oxygen atoms in total. The second-order valence-corrected chi connectivity index (χ2v) is 4.62. The van der Waals surface area contributed by atoms with Gasteiger partial charge in [0.25, 0.3) is 0 Å². The van der Waals surface area contributed by atoms with Crippen molar-refractivity contribution in [2.75, 3.05) is 5.73 Å². The van der Waals surface area contributed by atoms with Crippen molar-refractivity contribution in [3.63, 3.8) is 0 Å². The molecule has 0 saturated carbocycles. The van der Waals surface area contributed by atoms with Crippen LogP contribution in [0.3, 0.4) is 0 Å². The molecular formula is C12H9N5S. The highest BCUT2D eigenvalue weighted by molar-refractivity contribution is 7.99. The van der Waals surface area contributed by atoms with E-state index in [0.29, 0.717) is 21.9 Å². The summed E-state index contributed by atoms with van der Waals surface area (Å²) in [6.07, 6.45) is 3.22. The Hall–Kier alpha value is -2.21. The van der Waals surface area contributed by atoms with Crippen LogP contribution in [-0.2, 0) is 0 Å². The Kier molecular flexibility index (Phi) is 2.77. The molecule has 0 bridgehead atoms. The number of nitrogens with zero attached hydrogens (tertiary/aromatic N) is 4. The molecule has 88 valence electrons. The fourth-order valence-electron chi connectivity index (χ4n) is 1.54. The molecule has 0 radical (unpaired) electrons. The summed E-state index contributed by atoms with van der Waals surface area (Å²) in [5, 5.41) is 8.70. The zero-order valence-corrected chi connectivity index (χ0v) is 10.1. The van der Waals surface area contributed by atoms with Crippen LogP contribution >= 0.6 is 11.8 Å². The molecule has 0 atom stereocenters. The number of hydrogen-bond donors (Lipinski definition) is 1. The molecule has 6 heteroatoms. The van der Waals surface area contributed by atoms with Gasteiger partial charge in [0.2, 0.25) is 0 Å². The Bertz CT molecular complexity index is 686. The first-order valence-electron chi connectivity index (χ1n) is 5.30. The van der Waals surface area contributed by atoms with E-state index < -0.39 is 0 Å². The van der Waals surface area contributed by atoms with E-state index in [2.05, 4.69) is 20.2 Å². The molecule has 2 aromatic heterocycles.